The number of ether oxygens (including phenoxy) is 1. The lowest BCUT2D eigenvalue weighted by Crippen LogP contribution is -2.29. The minimum Gasteiger partial charge on any atom is -0.438 e. The van der Waals surface area contributed by atoms with Gasteiger partial charge in [0.05, 0.1) is 5.56 Å². The van der Waals surface area contributed by atoms with E-state index < -0.39 is 0 Å². The maximum Gasteiger partial charge on any atom is 0.261 e. The lowest BCUT2D eigenvalue weighted by Gasteiger charge is -2.19. The summed E-state index contributed by atoms with van der Waals surface area (Å²) in [7, 11) is 0. The van der Waals surface area contributed by atoms with Crippen molar-refractivity contribution in [2.75, 3.05) is 5.75 Å². The van der Waals surface area contributed by atoms with Gasteiger partial charge < -0.3 is 4.74 Å². The van der Waals surface area contributed by atoms with E-state index in [4.69, 9.17) is 16.3 Å². The molecule has 1 aliphatic rings. The minimum absolute atomic E-state index is 0.0127. The van der Waals surface area contributed by atoms with Crippen LogP contribution >= 0.6 is 23.4 Å². The van der Waals surface area contributed by atoms with Crippen molar-refractivity contribution in [3.05, 3.63) is 45.2 Å². The van der Waals surface area contributed by atoms with Crippen molar-refractivity contribution >= 4 is 23.4 Å². The van der Waals surface area contributed by atoms with Gasteiger partial charge in [-0.05, 0) is 37.1 Å². The number of rotatable bonds is 3. The van der Waals surface area contributed by atoms with Gasteiger partial charge >= 0.3 is 0 Å². The summed E-state index contributed by atoms with van der Waals surface area (Å²) >= 11 is 7.47. The molecule has 0 fully saturated rings. The van der Waals surface area contributed by atoms with Gasteiger partial charge in [-0.15, -0.1) is 0 Å². The van der Waals surface area contributed by atoms with Gasteiger partial charge in [0.1, 0.15) is 5.75 Å². The molecule has 3 rings (SSSR count). The van der Waals surface area contributed by atoms with Crippen LogP contribution in [0.25, 0.3) is 0 Å². The highest BCUT2D eigenvalue weighted by molar-refractivity contribution is 7.99. The van der Waals surface area contributed by atoms with Gasteiger partial charge in [0.15, 0.2) is 5.16 Å². The quantitative estimate of drug-likeness (QED) is 0.807. The molecule has 2 aromatic rings. The molecule has 0 amide bonds. The van der Waals surface area contributed by atoms with Crippen molar-refractivity contribution in [3.8, 4) is 11.6 Å². The van der Waals surface area contributed by atoms with Gasteiger partial charge in [-0.3, -0.25) is 9.36 Å². The smallest absolute Gasteiger partial charge is 0.261 e. The summed E-state index contributed by atoms with van der Waals surface area (Å²) in [5, 5.41) is 1.39. The fourth-order valence-corrected chi connectivity index (χ4v) is 3.31. The van der Waals surface area contributed by atoms with Crippen LogP contribution in [-0.4, -0.2) is 15.3 Å². The highest BCUT2D eigenvalue weighted by Crippen LogP contribution is 2.28. The second-order valence-electron chi connectivity index (χ2n) is 4.75. The molecule has 0 atom stereocenters. The lowest BCUT2D eigenvalue weighted by molar-refractivity contribution is 0.430. The van der Waals surface area contributed by atoms with Gasteiger partial charge in [0.25, 0.3) is 5.56 Å². The summed E-state index contributed by atoms with van der Waals surface area (Å²) in [4.78, 5) is 17.1. The van der Waals surface area contributed by atoms with Gasteiger partial charge in [-0.25, -0.2) is 0 Å². The normalized spacial score (nSPS) is 13.8. The maximum atomic E-state index is 12.5. The summed E-state index contributed by atoms with van der Waals surface area (Å²) in [5.41, 5.74) is 0.634. The Labute approximate surface area is 132 Å². The Morgan fingerprint density at radius 3 is 2.86 bits per heavy atom. The lowest BCUT2D eigenvalue weighted by atomic mass is 10.2. The molecule has 0 N–H and O–H groups in total. The Morgan fingerprint density at radius 2 is 2.14 bits per heavy atom. The minimum atomic E-state index is 0.0127. The van der Waals surface area contributed by atoms with Crippen LogP contribution in [0.5, 0.6) is 11.6 Å². The molecule has 0 bridgehead atoms. The number of nitrogens with zero attached hydrogens (tertiary/aromatic N) is 2. The number of aromatic nitrogens is 2. The molecule has 0 aliphatic carbocycles. The van der Waals surface area contributed by atoms with Gasteiger partial charge in [-0.2, -0.15) is 4.98 Å². The van der Waals surface area contributed by atoms with Crippen molar-refractivity contribution in [2.45, 2.75) is 31.5 Å². The first-order chi connectivity index (χ1) is 10.2. The van der Waals surface area contributed by atoms with E-state index in [-0.39, 0.29) is 5.56 Å². The fraction of sp³-hybridized carbons (Fsp3) is 0.333. The van der Waals surface area contributed by atoms with Crippen molar-refractivity contribution < 1.29 is 4.74 Å². The molecule has 0 unspecified atom stereocenters. The Hall–Kier alpha value is -1.46. The summed E-state index contributed by atoms with van der Waals surface area (Å²) in [5.74, 6) is 2.02. The van der Waals surface area contributed by atoms with E-state index in [9.17, 15) is 4.79 Å². The number of hydrogen-bond donors (Lipinski definition) is 0. The van der Waals surface area contributed by atoms with E-state index >= 15 is 0 Å². The summed E-state index contributed by atoms with van der Waals surface area (Å²) in [6.45, 7) is 2.68. The first-order valence-electron chi connectivity index (χ1n) is 6.89. The SMILES string of the molecule is CCc1c(Oc2ccc(Cl)cc2)nc2n(c1=O)CCCS2. The molecule has 1 aliphatic heterocycles. The number of fused-ring (bicyclic) bond motifs is 1. The Morgan fingerprint density at radius 1 is 1.38 bits per heavy atom. The van der Waals surface area contributed by atoms with Crippen molar-refractivity contribution in [1.29, 1.82) is 0 Å². The van der Waals surface area contributed by atoms with E-state index in [0.29, 0.717) is 28.6 Å². The monoisotopic (exact) mass is 322 g/mol. The number of thioether (sulfide) groups is 1. The third-order valence-electron chi connectivity index (χ3n) is 3.33. The molecule has 0 spiro atoms. The predicted molar refractivity (Wildman–Crippen MR) is 84.7 cm³/mol. The Balaban J connectivity index is 2.03. The van der Waals surface area contributed by atoms with Crippen LogP contribution in [0.4, 0.5) is 0 Å². The molecule has 0 saturated carbocycles. The molecular weight excluding hydrogens is 308 g/mol. The molecule has 6 heteroatoms. The highest BCUT2D eigenvalue weighted by Gasteiger charge is 2.19. The third-order valence-corrected chi connectivity index (χ3v) is 4.64. The van der Waals surface area contributed by atoms with Gasteiger partial charge in [0.2, 0.25) is 5.88 Å². The number of halogens is 1. The molecule has 1 aromatic carbocycles. The molecule has 110 valence electrons. The first-order valence-corrected chi connectivity index (χ1v) is 8.25. The van der Waals surface area contributed by atoms with E-state index in [0.717, 1.165) is 23.9 Å². The zero-order chi connectivity index (χ0) is 14.8. The van der Waals surface area contributed by atoms with E-state index in [1.807, 2.05) is 6.92 Å². The zero-order valence-electron chi connectivity index (χ0n) is 11.6. The van der Waals surface area contributed by atoms with E-state index in [1.54, 1.807) is 40.6 Å². The Kier molecular flexibility index (Phi) is 4.22. The molecular formula is C15H15ClN2O2S. The largest absolute Gasteiger partial charge is 0.438 e. The topological polar surface area (TPSA) is 44.1 Å². The molecule has 0 radical (unpaired) electrons. The van der Waals surface area contributed by atoms with Crippen molar-refractivity contribution in [2.24, 2.45) is 0 Å². The highest BCUT2D eigenvalue weighted by atomic mass is 35.5. The van der Waals surface area contributed by atoms with Crippen LogP contribution in [-0.2, 0) is 13.0 Å². The molecule has 2 heterocycles. The van der Waals surface area contributed by atoms with Crippen LogP contribution in [0, 0.1) is 0 Å². The molecule has 21 heavy (non-hydrogen) atoms. The van der Waals surface area contributed by atoms with Gasteiger partial charge in [-0.1, -0.05) is 30.3 Å². The molecule has 0 saturated heterocycles. The van der Waals surface area contributed by atoms with Gasteiger partial charge in [0, 0.05) is 17.3 Å². The summed E-state index contributed by atoms with van der Waals surface area (Å²) < 4.78 is 7.56. The zero-order valence-corrected chi connectivity index (χ0v) is 13.2. The second-order valence-corrected chi connectivity index (χ2v) is 6.24. The number of benzene rings is 1. The second kappa shape index (κ2) is 6.12. The maximum absolute atomic E-state index is 12.5. The van der Waals surface area contributed by atoms with Crippen LogP contribution in [0.2, 0.25) is 5.02 Å². The summed E-state index contributed by atoms with van der Waals surface area (Å²) in [6, 6.07) is 7.05. The Bertz CT molecular complexity index is 713. The number of hydrogen-bond acceptors (Lipinski definition) is 4. The average Bonchev–Trinajstić information content (AvgIpc) is 2.50. The van der Waals surface area contributed by atoms with E-state index in [2.05, 4.69) is 4.98 Å². The van der Waals surface area contributed by atoms with Crippen molar-refractivity contribution in [3.63, 3.8) is 0 Å². The first kappa shape index (κ1) is 14.5. The average molecular weight is 323 g/mol. The molecule has 4 nitrogen and oxygen atoms in total. The van der Waals surface area contributed by atoms with E-state index in [1.165, 1.54) is 0 Å². The molecule has 1 aromatic heterocycles. The fourth-order valence-electron chi connectivity index (χ4n) is 2.25. The third kappa shape index (κ3) is 2.94. The van der Waals surface area contributed by atoms with Crippen LogP contribution in [0.1, 0.15) is 18.9 Å². The van der Waals surface area contributed by atoms with Crippen molar-refractivity contribution in [1.82, 2.24) is 9.55 Å². The predicted octanol–water partition coefficient (Wildman–Crippen LogP) is 3.75. The van der Waals surface area contributed by atoms with Crippen LogP contribution < -0.4 is 10.3 Å². The van der Waals surface area contributed by atoms with Crippen LogP contribution in [0.3, 0.4) is 0 Å². The summed E-state index contributed by atoms with van der Waals surface area (Å²) in [6.07, 6.45) is 1.60. The standard InChI is InChI=1S/C15H15ClN2O2S/c1-2-12-13(20-11-6-4-10(16)5-7-11)17-15-18(14(12)19)8-3-9-21-15/h4-7H,2-3,8-9H2,1H3. The van der Waals surface area contributed by atoms with Crippen LogP contribution in [0.15, 0.2) is 34.2 Å².